The van der Waals surface area contributed by atoms with E-state index in [4.69, 9.17) is 52.1 Å². The Kier molecular flexibility index (Phi) is 12.6. The van der Waals surface area contributed by atoms with Crippen molar-refractivity contribution >= 4 is 63.9 Å². The summed E-state index contributed by atoms with van der Waals surface area (Å²) in [5.74, 6) is -1.84. The Labute approximate surface area is 317 Å². The van der Waals surface area contributed by atoms with Crippen LogP contribution in [0.5, 0.6) is 0 Å². The number of hydrogen-bond acceptors (Lipinski definition) is 8. The Morgan fingerprint density at radius 1 is 0.692 bits per heavy atom. The van der Waals surface area contributed by atoms with Gasteiger partial charge in [0.2, 0.25) is 0 Å². The van der Waals surface area contributed by atoms with E-state index in [9.17, 15) is 27.6 Å². The number of carbonyl (C=O) groups is 3. The van der Waals surface area contributed by atoms with Gasteiger partial charge in [0.15, 0.2) is 11.6 Å². The molecule has 4 aromatic rings. The summed E-state index contributed by atoms with van der Waals surface area (Å²) in [7, 11) is 0. The number of alkyl halides is 3. The summed E-state index contributed by atoms with van der Waals surface area (Å²) in [6.45, 7) is -0.821. The maximum Gasteiger partial charge on any atom is 0.471 e. The average Bonchev–Trinajstić information content (AvgIpc) is 3.07. The number of ketones is 2. The minimum absolute atomic E-state index is 0.0170. The van der Waals surface area contributed by atoms with Gasteiger partial charge in [0.05, 0.1) is 24.2 Å². The molecule has 2 aliphatic rings. The Bertz CT molecular complexity index is 1940. The summed E-state index contributed by atoms with van der Waals surface area (Å²) in [6.07, 6.45) is 7.85. The first kappa shape index (κ1) is 39.5. The smallest absolute Gasteiger partial charge is 0.341 e. The SMILES string of the molecule is NCC(=O)c1cnc(CC2(c3ccc(Cl)cc3Cl)CCC2)nc1.O=C(CNC(=O)C(F)(F)F)c1cnc(CC2(c3ccc(Cl)cc3Cl)CCC2)nc1. The fraction of sp³-hybridized carbons (Fsp3) is 0.361. The molecule has 0 saturated heterocycles. The quantitative estimate of drug-likeness (QED) is 0.146. The third-order valence-electron chi connectivity index (χ3n) is 9.53. The highest BCUT2D eigenvalue weighted by Crippen LogP contribution is 2.49. The second-order valence-electron chi connectivity index (χ2n) is 12.9. The van der Waals surface area contributed by atoms with Crippen LogP contribution in [-0.2, 0) is 28.5 Å². The van der Waals surface area contributed by atoms with E-state index < -0.39 is 24.4 Å². The monoisotopic (exact) mass is 794 g/mol. The van der Waals surface area contributed by atoms with Crippen molar-refractivity contribution in [1.29, 1.82) is 0 Å². The van der Waals surface area contributed by atoms with E-state index in [0.717, 1.165) is 49.7 Å². The van der Waals surface area contributed by atoms with Crippen molar-refractivity contribution in [2.75, 3.05) is 13.1 Å². The van der Waals surface area contributed by atoms with Crippen molar-refractivity contribution in [3.05, 3.63) is 115 Å². The van der Waals surface area contributed by atoms with Crippen molar-refractivity contribution in [1.82, 2.24) is 25.3 Å². The molecule has 2 fully saturated rings. The van der Waals surface area contributed by atoms with E-state index in [1.165, 1.54) is 17.7 Å². The van der Waals surface area contributed by atoms with E-state index in [1.807, 2.05) is 18.2 Å². The molecule has 0 bridgehead atoms. The van der Waals surface area contributed by atoms with E-state index in [1.54, 1.807) is 30.6 Å². The van der Waals surface area contributed by atoms with Crippen molar-refractivity contribution in [2.45, 2.75) is 68.4 Å². The maximum absolute atomic E-state index is 12.2. The van der Waals surface area contributed by atoms with Gasteiger partial charge in [0, 0.05) is 68.5 Å². The largest absolute Gasteiger partial charge is 0.471 e. The van der Waals surface area contributed by atoms with Crippen molar-refractivity contribution < 1.29 is 27.6 Å². The molecule has 16 heteroatoms. The average molecular weight is 797 g/mol. The minimum Gasteiger partial charge on any atom is -0.341 e. The van der Waals surface area contributed by atoms with Gasteiger partial charge in [-0.05, 0) is 61.1 Å². The summed E-state index contributed by atoms with van der Waals surface area (Å²) < 4.78 is 36.5. The van der Waals surface area contributed by atoms with Crippen LogP contribution in [0.2, 0.25) is 20.1 Å². The molecule has 9 nitrogen and oxygen atoms in total. The Morgan fingerprint density at radius 3 is 1.42 bits per heavy atom. The number of Topliss-reactive ketones (excluding diaryl/α,β-unsaturated/α-hetero) is 2. The molecule has 274 valence electrons. The van der Waals surface area contributed by atoms with Gasteiger partial charge >= 0.3 is 12.1 Å². The lowest BCUT2D eigenvalue weighted by Gasteiger charge is -2.42. The van der Waals surface area contributed by atoms with Gasteiger partial charge in [-0.3, -0.25) is 14.4 Å². The highest BCUT2D eigenvalue weighted by atomic mass is 35.5. The molecule has 0 spiro atoms. The van der Waals surface area contributed by atoms with Crippen LogP contribution in [-0.4, -0.2) is 56.7 Å². The number of amides is 1. The molecule has 2 aliphatic carbocycles. The second-order valence-corrected chi connectivity index (χ2v) is 14.6. The van der Waals surface area contributed by atoms with Gasteiger partial charge in [-0.1, -0.05) is 71.4 Å². The minimum atomic E-state index is -5.04. The van der Waals surface area contributed by atoms with Crippen LogP contribution in [0.4, 0.5) is 13.2 Å². The van der Waals surface area contributed by atoms with Gasteiger partial charge in [0.25, 0.3) is 0 Å². The zero-order valence-corrected chi connectivity index (χ0v) is 30.6. The zero-order valence-electron chi connectivity index (χ0n) is 27.6. The molecular weight excluding hydrogens is 763 g/mol. The normalized spacial score (nSPS) is 15.7. The number of nitrogens with two attached hydrogens (primary N) is 1. The van der Waals surface area contributed by atoms with Crippen LogP contribution in [0, 0.1) is 0 Å². The topological polar surface area (TPSA) is 141 Å². The van der Waals surface area contributed by atoms with Crippen molar-refractivity contribution in [2.24, 2.45) is 5.73 Å². The predicted molar refractivity (Wildman–Crippen MR) is 192 cm³/mol. The Balaban J connectivity index is 0.000000206. The number of nitrogens with one attached hydrogen (secondary N) is 1. The lowest BCUT2D eigenvalue weighted by atomic mass is 9.62. The molecule has 3 N–H and O–H groups in total. The summed E-state index contributed by atoms with van der Waals surface area (Å²) in [4.78, 5) is 51.3. The highest BCUT2D eigenvalue weighted by Gasteiger charge is 2.42. The predicted octanol–water partition coefficient (Wildman–Crippen LogP) is 7.90. The van der Waals surface area contributed by atoms with E-state index >= 15 is 0 Å². The van der Waals surface area contributed by atoms with E-state index in [-0.39, 0.29) is 28.7 Å². The van der Waals surface area contributed by atoms with Gasteiger partial charge in [-0.2, -0.15) is 13.2 Å². The van der Waals surface area contributed by atoms with Crippen LogP contribution < -0.4 is 11.1 Å². The fourth-order valence-electron chi connectivity index (χ4n) is 6.40. The second kappa shape index (κ2) is 16.6. The molecule has 0 radical (unpaired) electrons. The van der Waals surface area contributed by atoms with Crippen LogP contribution in [0.15, 0.2) is 61.2 Å². The summed E-state index contributed by atoms with van der Waals surface area (Å²) in [5.41, 5.74) is 7.62. The van der Waals surface area contributed by atoms with Crippen molar-refractivity contribution in [3.63, 3.8) is 0 Å². The first-order valence-electron chi connectivity index (χ1n) is 16.3. The molecule has 0 aliphatic heterocycles. The van der Waals surface area contributed by atoms with Crippen LogP contribution in [0.1, 0.15) is 82.0 Å². The van der Waals surface area contributed by atoms with E-state index in [2.05, 4.69) is 19.9 Å². The molecule has 1 amide bonds. The van der Waals surface area contributed by atoms with Gasteiger partial charge in [0.1, 0.15) is 11.6 Å². The molecule has 6 rings (SSSR count). The number of nitrogens with zero attached hydrogens (tertiary/aromatic N) is 4. The van der Waals surface area contributed by atoms with Crippen LogP contribution in [0.3, 0.4) is 0 Å². The fourth-order valence-corrected chi connectivity index (χ4v) is 7.61. The molecule has 0 atom stereocenters. The molecule has 2 heterocycles. The van der Waals surface area contributed by atoms with Crippen LogP contribution in [0.25, 0.3) is 0 Å². The molecular formula is C36H33Cl4F3N6O3. The first-order valence-corrected chi connectivity index (χ1v) is 17.8. The molecule has 2 aromatic heterocycles. The number of halogens is 7. The zero-order chi connectivity index (χ0) is 37.7. The summed E-state index contributed by atoms with van der Waals surface area (Å²) in [6, 6.07) is 11.0. The summed E-state index contributed by atoms with van der Waals surface area (Å²) in [5, 5.41) is 3.97. The number of rotatable bonds is 11. The molecule has 0 unspecified atom stereocenters. The standard InChI is InChI=1S/C19H16Cl2F3N3O2.C17H17Cl2N3O/c20-12-2-3-13(14(21)6-12)18(4-1-5-18)7-16-25-8-11(9-26-16)15(28)10-27-17(29)19(22,23)24;18-12-2-3-13(14(19)6-12)17(4-1-5-17)7-16-21-9-11(10-22-16)15(23)8-20/h2-3,6,8-9H,1,4-5,7,10H2,(H,27,29);2-3,6,9-10H,1,4-5,7-8,20H2. The molecule has 2 saturated carbocycles. The van der Waals surface area contributed by atoms with Gasteiger partial charge in [-0.25, -0.2) is 19.9 Å². The van der Waals surface area contributed by atoms with Gasteiger partial charge in [-0.15, -0.1) is 0 Å². The summed E-state index contributed by atoms with van der Waals surface area (Å²) >= 11 is 24.7. The van der Waals surface area contributed by atoms with Crippen molar-refractivity contribution in [3.8, 4) is 0 Å². The molecule has 52 heavy (non-hydrogen) atoms. The van der Waals surface area contributed by atoms with Crippen LogP contribution >= 0.6 is 46.4 Å². The lowest BCUT2D eigenvalue weighted by molar-refractivity contribution is -0.173. The van der Waals surface area contributed by atoms with Gasteiger partial charge < -0.3 is 11.1 Å². The van der Waals surface area contributed by atoms with E-state index in [0.29, 0.717) is 50.1 Å². The Hall–Kier alpha value is -3.68. The Morgan fingerprint density at radius 2 is 1.10 bits per heavy atom. The number of hydrogen-bond donors (Lipinski definition) is 2. The number of benzene rings is 2. The molecule has 2 aromatic carbocycles. The number of carbonyl (C=O) groups excluding carboxylic acids is 3. The lowest BCUT2D eigenvalue weighted by Crippen LogP contribution is -2.39. The third-order valence-corrected chi connectivity index (χ3v) is 10.6. The first-order chi connectivity index (χ1) is 24.6. The highest BCUT2D eigenvalue weighted by molar-refractivity contribution is 6.35. The number of aromatic nitrogens is 4. The maximum atomic E-state index is 12.2. The third kappa shape index (κ3) is 9.27.